The first-order chi connectivity index (χ1) is 8.10. The molecule has 0 bridgehead atoms. The second kappa shape index (κ2) is 6.54. The van der Waals surface area contributed by atoms with Crippen LogP contribution in [0.4, 0.5) is 5.69 Å². The van der Waals surface area contributed by atoms with Gasteiger partial charge in [-0.05, 0) is 31.0 Å². The van der Waals surface area contributed by atoms with Crippen molar-refractivity contribution in [1.29, 1.82) is 0 Å². The summed E-state index contributed by atoms with van der Waals surface area (Å²) in [6.07, 6.45) is 5.82. The molecule has 0 amide bonds. The van der Waals surface area contributed by atoms with Gasteiger partial charge in [0, 0.05) is 17.3 Å². The van der Waals surface area contributed by atoms with Crippen LogP contribution in [0, 0.1) is 12.3 Å². The van der Waals surface area contributed by atoms with Gasteiger partial charge in [-0.1, -0.05) is 30.5 Å². The van der Waals surface area contributed by atoms with Crippen LogP contribution in [0.5, 0.6) is 0 Å². The van der Waals surface area contributed by atoms with Gasteiger partial charge in [-0.25, -0.2) is 0 Å². The number of benzene rings is 1. The number of halogens is 1. The summed E-state index contributed by atoms with van der Waals surface area (Å²) < 4.78 is 0. The topological polar surface area (TPSA) is 23.5 Å². The average Bonchev–Trinajstić information content (AvgIpc) is 2.28. The largest absolute Gasteiger partial charge is 0.389 e. The summed E-state index contributed by atoms with van der Waals surface area (Å²) >= 11 is 6.13. The molecule has 1 rings (SSSR count). The molecular formula is C14H18ClNO. The SMILES string of the molecule is C#CCN(CCC)c1ccc(C(C)O)c(Cl)c1. The Morgan fingerprint density at radius 1 is 1.53 bits per heavy atom. The Bertz CT molecular complexity index is 409. The van der Waals surface area contributed by atoms with Gasteiger partial charge in [-0.2, -0.15) is 0 Å². The van der Waals surface area contributed by atoms with Gasteiger partial charge < -0.3 is 10.0 Å². The average molecular weight is 252 g/mol. The molecule has 0 aliphatic carbocycles. The van der Waals surface area contributed by atoms with Crippen molar-refractivity contribution < 1.29 is 5.11 Å². The summed E-state index contributed by atoms with van der Waals surface area (Å²) in [6, 6.07) is 5.65. The lowest BCUT2D eigenvalue weighted by Crippen LogP contribution is -2.24. The molecule has 3 heteroatoms. The number of anilines is 1. The summed E-state index contributed by atoms with van der Waals surface area (Å²) in [5.74, 6) is 2.64. The zero-order valence-corrected chi connectivity index (χ0v) is 11.0. The highest BCUT2D eigenvalue weighted by molar-refractivity contribution is 6.31. The molecule has 1 atom stereocenters. The highest BCUT2D eigenvalue weighted by atomic mass is 35.5. The summed E-state index contributed by atoms with van der Waals surface area (Å²) in [5, 5.41) is 10.1. The van der Waals surface area contributed by atoms with E-state index in [1.54, 1.807) is 6.92 Å². The Balaban J connectivity index is 2.98. The van der Waals surface area contributed by atoms with E-state index in [-0.39, 0.29) is 0 Å². The van der Waals surface area contributed by atoms with Crippen molar-refractivity contribution in [2.24, 2.45) is 0 Å². The van der Waals surface area contributed by atoms with E-state index in [1.807, 2.05) is 18.2 Å². The third-order valence-electron chi connectivity index (χ3n) is 2.57. The third-order valence-corrected chi connectivity index (χ3v) is 2.90. The third kappa shape index (κ3) is 3.66. The van der Waals surface area contributed by atoms with Gasteiger partial charge in [0.05, 0.1) is 12.6 Å². The van der Waals surface area contributed by atoms with Crippen LogP contribution in [0.3, 0.4) is 0 Å². The Labute approximate surface area is 108 Å². The highest BCUT2D eigenvalue weighted by Gasteiger charge is 2.10. The Morgan fingerprint density at radius 2 is 2.24 bits per heavy atom. The van der Waals surface area contributed by atoms with E-state index < -0.39 is 6.10 Å². The fraction of sp³-hybridized carbons (Fsp3) is 0.429. The second-order valence-corrected chi connectivity index (χ2v) is 4.41. The highest BCUT2D eigenvalue weighted by Crippen LogP contribution is 2.27. The summed E-state index contributed by atoms with van der Waals surface area (Å²) in [5.41, 5.74) is 1.74. The van der Waals surface area contributed by atoms with Crippen molar-refractivity contribution in [3.05, 3.63) is 28.8 Å². The molecule has 0 aliphatic rings. The molecule has 1 unspecified atom stereocenters. The number of aliphatic hydroxyl groups excluding tert-OH is 1. The van der Waals surface area contributed by atoms with Crippen LogP contribution in [0.15, 0.2) is 18.2 Å². The molecule has 2 nitrogen and oxygen atoms in total. The zero-order chi connectivity index (χ0) is 12.8. The maximum Gasteiger partial charge on any atom is 0.0791 e. The minimum Gasteiger partial charge on any atom is -0.389 e. The lowest BCUT2D eigenvalue weighted by Gasteiger charge is -2.22. The molecule has 0 spiro atoms. The fourth-order valence-electron chi connectivity index (χ4n) is 1.73. The van der Waals surface area contributed by atoms with Gasteiger partial charge in [0.1, 0.15) is 0 Å². The first-order valence-electron chi connectivity index (χ1n) is 5.76. The smallest absolute Gasteiger partial charge is 0.0791 e. The van der Waals surface area contributed by atoms with Crippen molar-refractivity contribution in [2.75, 3.05) is 18.0 Å². The van der Waals surface area contributed by atoms with Crippen LogP contribution in [0.25, 0.3) is 0 Å². The van der Waals surface area contributed by atoms with Crippen molar-refractivity contribution >= 4 is 17.3 Å². The molecule has 0 fully saturated rings. The molecule has 1 aromatic carbocycles. The molecule has 1 aromatic rings. The molecule has 17 heavy (non-hydrogen) atoms. The van der Waals surface area contributed by atoms with Crippen molar-refractivity contribution in [1.82, 2.24) is 0 Å². The number of nitrogens with zero attached hydrogens (tertiary/aromatic N) is 1. The first kappa shape index (κ1) is 13.9. The monoisotopic (exact) mass is 251 g/mol. The summed E-state index contributed by atoms with van der Waals surface area (Å²) in [7, 11) is 0. The molecule has 92 valence electrons. The van der Waals surface area contributed by atoms with E-state index in [0.717, 1.165) is 24.2 Å². The number of hydrogen-bond acceptors (Lipinski definition) is 2. The Kier molecular flexibility index (Phi) is 5.34. The number of terminal acetylenes is 1. The molecule has 0 saturated carbocycles. The number of hydrogen-bond donors (Lipinski definition) is 1. The lowest BCUT2D eigenvalue weighted by molar-refractivity contribution is 0.199. The van der Waals surface area contributed by atoms with Crippen molar-refractivity contribution in [3.8, 4) is 12.3 Å². The lowest BCUT2D eigenvalue weighted by atomic mass is 10.1. The molecule has 0 radical (unpaired) electrons. The Hall–Kier alpha value is -1.17. The minimum absolute atomic E-state index is 0.552. The predicted molar refractivity (Wildman–Crippen MR) is 73.4 cm³/mol. The van der Waals surface area contributed by atoms with E-state index in [1.165, 1.54) is 0 Å². The molecule has 1 N–H and O–H groups in total. The predicted octanol–water partition coefficient (Wildman–Crippen LogP) is 3.24. The second-order valence-electron chi connectivity index (χ2n) is 4.01. The standard InChI is InChI=1S/C14H18ClNO/c1-4-8-16(9-5-2)12-6-7-13(11(3)17)14(15)10-12/h1,6-7,10-11,17H,5,8-9H2,2-3H3. The molecular weight excluding hydrogens is 234 g/mol. The van der Waals surface area contributed by atoms with Crippen LogP contribution in [0.2, 0.25) is 5.02 Å². The number of rotatable bonds is 5. The maximum atomic E-state index is 9.51. The van der Waals surface area contributed by atoms with Crippen LogP contribution in [0.1, 0.15) is 31.9 Å². The zero-order valence-electron chi connectivity index (χ0n) is 10.3. The molecule has 0 aromatic heterocycles. The maximum absolute atomic E-state index is 9.51. The van der Waals surface area contributed by atoms with Crippen LogP contribution in [-0.4, -0.2) is 18.2 Å². The van der Waals surface area contributed by atoms with Gasteiger partial charge in [-0.15, -0.1) is 6.42 Å². The fourth-order valence-corrected chi connectivity index (χ4v) is 2.06. The van der Waals surface area contributed by atoms with E-state index >= 15 is 0 Å². The van der Waals surface area contributed by atoms with Gasteiger partial charge in [0.15, 0.2) is 0 Å². The van der Waals surface area contributed by atoms with Gasteiger partial charge >= 0.3 is 0 Å². The van der Waals surface area contributed by atoms with Crippen molar-refractivity contribution in [2.45, 2.75) is 26.4 Å². The first-order valence-corrected chi connectivity index (χ1v) is 6.13. The van der Waals surface area contributed by atoms with E-state index in [9.17, 15) is 5.11 Å². The normalized spacial score (nSPS) is 11.9. The Morgan fingerprint density at radius 3 is 2.71 bits per heavy atom. The van der Waals surface area contributed by atoms with Crippen LogP contribution < -0.4 is 4.90 Å². The number of aliphatic hydroxyl groups is 1. The quantitative estimate of drug-likeness (QED) is 0.813. The van der Waals surface area contributed by atoms with E-state index in [0.29, 0.717) is 11.6 Å². The minimum atomic E-state index is -0.552. The molecule has 0 aliphatic heterocycles. The summed E-state index contributed by atoms with van der Waals surface area (Å²) in [4.78, 5) is 2.09. The van der Waals surface area contributed by atoms with E-state index in [2.05, 4.69) is 17.7 Å². The van der Waals surface area contributed by atoms with Gasteiger partial charge in [0.2, 0.25) is 0 Å². The van der Waals surface area contributed by atoms with Crippen LogP contribution >= 0.6 is 11.6 Å². The van der Waals surface area contributed by atoms with E-state index in [4.69, 9.17) is 18.0 Å². The summed E-state index contributed by atoms with van der Waals surface area (Å²) in [6.45, 7) is 5.27. The van der Waals surface area contributed by atoms with Crippen molar-refractivity contribution in [3.63, 3.8) is 0 Å². The molecule has 0 saturated heterocycles. The van der Waals surface area contributed by atoms with Gasteiger partial charge in [0.25, 0.3) is 0 Å². The molecule has 0 heterocycles. The van der Waals surface area contributed by atoms with Gasteiger partial charge in [-0.3, -0.25) is 0 Å². The van der Waals surface area contributed by atoms with Crippen LogP contribution in [-0.2, 0) is 0 Å².